The van der Waals surface area contributed by atoms with Crippen LogP contribution in [0.25, 0.3) is 0 Å². The summed E-state index contributed by atoms with van der Waals surface area (Å²) >= 11 is 1.87. The summed E-state index contributed by atoms with van der Waals surface area (Å²) in [5.74, 6) is 0.204. The Labute approximate surface area is 301 Å². The van der Waals surface area contributed by atoms with Gasteiger partial charge in [0.05, 0.1) is 16.8 Å². The van der Waals surface area contributed by atoms with Gasteiger partial charge in [-0.15, -0.1) is 11.8 Å². The number of carbonyl (C=O) groups excluding carboxylic acids is 2. The van der Waals surface area contributed by atoms with E-state index in [1.54, 1.807) is 12.1 Å². The lowest BCUT2D eigenvalue weighted by Crippen LogP contribution is -2.51. The first-order chi connectivity index (χ1) is 24.0. The van der Waals surface area contributed by atoms with E-state index in [9.17, 15) is 14.7 Å². The number of carbonyl (C=O) groups is 2. The van der Waals surface area contributed by atoms with Crippen LogP contribution in [-0.2, 0) is 20.8 Å². The number of nitrogens with zero attached hydrogens (tertiary/aromatic N) is 1. The molecule has 7 nitrogen and oxygen atoms in total. The van der Waals surface area contributed by atoms with Crippen molar-refractivity contribution in [2.24, 2.45) is 5.92 Å². The van der Waals surface area contributed by atoms with Crippen molar-refractivity contribution >= 4 is 23.8 Å². The fraction of sp³-hybridized carbons (Fsp3) is 0.381. The van der Waals surface area contributed by atoms with E-state index in [1.807, 2.05) is 67.8 Å². The molecule has 4 aromatic carbocycles. The summed E-state index contributed by atoms with van der Waals surface area (Å²) in [6, 6.07) is 38.1. The van der Waals surface area contributed by atoms with Crippen molar-refractivity contribution in [3.63, 3.8) is 0 Å². The van der Waals surface area contributed by atoms with Gasteiger partial charge in [0, 0.05) is 24.9 Å². The van der Waals surface area contributed by atoms with Gasteiger partial charge in [-0.25, -0.2) is 4.79 Å². The fourth-order valence-corrected chi connectivity index (χ4v) is 8.50. The zero-order chi connectivity index (χ0) is 35.7. The molecule has 50 heavy (non-hydrogen) atoms. The van der Waals surface area contributed by atoms with E-state index in [0.717, 1.165) is 12.0 Å². The predicted octanol–water partition coefficient (Wildman–Crippen LogP) is 8.12. The van der Waals surface area contributed by atoms with Crippen molar-refractivity contribution in [1.82, 2.24) is 15.5 Å². The Balaban J connectivity index is 1.42. The third-order valence-electron chi connectivity index (χ3n) is 9.36. The van der Waals surface area contributed by atoms with E-state index >= 15 is 0 Å². The molecule has 1 heterocycles. The van der Waals surface area contributed by atoms with Gasteiger partial charge in [0.25, 0.3) is 0 Å². The van der Waals surface area contributed by atoms with Gasteiger partial charge in [0.15, 0.2) is 0 Å². The number of aromatic hydroxyl groups is 1. The number of phenolic OH excluding ortho intramolecular Hbond substituents is 1. The first-order valence-corrected chi connectivity index (χ1v) is 18.5. The minimum Gasteiger partial charge on any atom is -0.508 e. The third-order valence-corrected chi connectivity index (χ3v) is 11.1. The first kappa shape index (κ1) is 37.0. The van der Waals surface area contributed by atoms with Crippen LogP contribution in [0.2, 0.25) is 0 Å². The highest BCUT2D eigenvalue weighted by molar-refractivity contribution is 8.01. The van der Waals surface area contributed by atoms with Crippen molar-refractivity contribution < 1.29 is 19.4 Å². The Morgan fingerprint density at radius 1 is 0.860 bits per heavy atom. The highest BCUT2D eigenvalue weighted by Crippen LogP contribution is 2.52. The summed E-state index contributed by atoms with van der Waals surface area (Å²) < 4.78 is 5.39. The average molecular weight is 694 g/mol. The van der Waals surface area contributed by atoms with Crippen molar-refractivity contribution in [2.75, 3.05) is 13.1 Å². The van der Waals surface area contributed by atoms with Crippen molar-refractivity contribution in [3.8, 4) is 5.75 Å². The number of benzene rings is 4. The molecule has 0 aromatic heterocycles. The second kappa shape index (κ2) is 16.6. The maximum atomic E-state index is 13.8. The molecular formula is C42H51N3O4S. The maximum Gasteiger partial charge on any atom is 0.410 e. The number of nitrogens with one attached hydrogen (secondary N) is 2. The number of hydrogen-bond acceptors (Lipinski definition) is 6. The summed E-state index contributed by atoms with van der Waals surface area (Å²) in [5.41, 5.74) is 3.82. The lowest BCUT2D eigenvalue weighted by atomic mass is 9.84. The van der Waals surface area contributed by atoms with Crippen LogP contribution in [0.1, 0.15) is 69.7 Å². The molecule has 264 valence electrons. The van der Waals surface area contributed by atoms with Crippen molar-refractivity contribution in [2.45, 2.75) is 81.7 Å². The van der Waals surface area contributed by atoms with Crippen LogP contribution in [0.4, 0.5) is 4.79 Å². The highest BCUT2D eigenvalue weighted by atomic mass is 32.2. The zero-order valence-corrected chi connectivity index (χ0v) is 30.7. The van der Waals surface area contributed by atoms with E-state index in [2.05, 4.69) is 97.3 Å². The van der Waals surface area contributed by atoms with Crippen LogP contribution in [-0.4, -0.2) is 58.0 Å². The molecule has 0 bridgehead atoms. The molecule has 1 aliphatic heterocycles. The van der Waals surface area contributed by atoms with Crippen LogP contribution in [0, 0.1) is 5.92 Å². The van der Waals surface area contributed by atoms with E-state index in [0.29, 0.717) is 26.1 Å². The molecular weight excluding hydrogens is 643 g/mol. The predicted molar refractivity (Wildman–Crippen MR) is 203 cm³/mol. The molecule has 4 atom stereocenters. The molecule has 1 aliphatic rings. The summed E-state index contributed by atoms with van der Waals surface area (Å²) in [4.78, 5) is 29.4. The average Bonchev–Trinajstić information content (AvgIpc) is 3.53. The molecule has 2 unspecified atom stereocenters. The Kier molecular flexibility index (Phi) is 12.3. The van der Waals surface area contributed by atoms with Crippen LogP contribution in [0.15, 0.2) is 115 Å². The van der Waals surface area contributed by atoms with Crippen LogP contribution in [0.5, 0.6) is 5.75 Å². The molecule has 5 rings (SSSR count). The Morgan fingerprint density at radius 2 is 1.38 bits per heavy atom. The van der Waals surface area contributed by atoms with Gasteiger partial charge in [0.1, 0.15) is 11.4 Å². The first-order valence-electron chi connectivity index (χ1n) is 17.6. The molecule has 1 saturated heterocycles. The second-order valence-corrected chi connectivity index (χ2v) is 15.7. The largest absolute Gasteiger partial charge is 0.508 e. The summed E-state index contributed by atoms with van der Waals surface area (Å²) in [7, 11) is 0. The minimum absolute atomic E-state index is 0.0445. The molecule has 8 heteroatoms. The number of ether oxygens (including phenoxy) is 1. The molecule has 3 N–H and O–H groups in total. The van der Waals surface area contributed by atoms with Gasteiger partial charge in [-0.05, 0) is 67.5 Å². The Morgan fingerprint density at radius 3 is 1.86 bits per heavy atom. The standard InChI is InChI=1S/C42H51N3O4S/c1-6-30(2)38(43-27-31-22-24-36(46)25-23-31)39(47)44-28-35-26-37(29-45(35)40(48)49-41(3,4)5)50-42(32-16-10-7-11-17-32,33-18-12-8-13-19-33)34-20-14-9-15-21-34/h7-25,30,35,37-38,43,46H,6,26-29H2,1-5H3,(H,44,47)/t30-,35?,37?,38-/m0/s1. The monoisotopic (exact) mass is 693 g/mol. The Bertz CT molecular complexity index is 1570. The molecule has 1 fully saturated rings. The quantitative estimate of drug-likeness (QED) is 0.123. The molecule has 0 radical (unpaired) electrons. The topological polar surface area (TPSA) is 90.9 Å². The molecule has 0 saturated carbocycles. The minimum atomic E-state index is -0.655. The third kappa shape index (κ3) is 9.09. The summed E-state index contributed by atoms with van der Waals surface area (Å²) in [6.07, 6.45) is 1.15. The summed E-state index contributed by atoms with van der Waals surface area (Å²) in [6.45, 7) is 11.1. The lowest BCUT2D eigenvalue weighted by Gasteiger charge is -2.37. The zero-order valence-electron chi connectivity index (χ0n) is 29.8. The second-order valence-electron chi connectivity index (χ2n) is 14.2. The van der Waals surface area contributed by atoms with Gasteiger partial charge in [-0.2, -0.15) is 0 Å². The van der Waals surface area contributed by atoms with Crippen LogP contribution in [0.3, 0.4) is 0 Å². The molecule has 0 spiro atoms. The van der Waals surface area contributed by atoms with Crippen molar-refractivity contribution in [1.29, 1.82) is 0 Å². The van der Waals surface area contributed by atoms with Crippen LogP contribution < -0.4 is 10.6 Å². The molecule has 4 aromatic rings. The maximum absolute atomic E-state index is 13.8. The van der Waals surface area contributed by atoms with Gasteiger partial charge in [-0.1, -0.05) is 123 Å². The number of phenols is 1. The Hall–Kier alpha value is -4.27. The lowest BCUT2D eigenvalue weighted by molar-refractivity contribution is -0.124. The highest BCUT2D eigenvalue weighted by Gasteiger charge is 2.45. The van der Waals surface area contributed by atoms with Gasteiger partial charge in [-0.3, -0.25) is 4.79 Å². The SMILES string of the molecule is CC[C@H](C)[C@H](NCc1ccc(O)cc1)C(=O)NCC1CC(SC(c2ccccc2)(c2ccccc2)c2ccccc2)CN1C(=O)OC(C)(C)C. The fourth-order valence-electron chi connectivity index (χ4n) is 6.63. The van der Waals surface area contributed by atoms with Crippen molar-refractivity contribution in [3.05, 3.63) is 138 Å². The van der Waals surface area contributed by atoms with E-state index in [-0.39, 0.29) is 35.0 Å². The van der Waals surface area contributed by atoms with Gasteiger partial charge >= 0.3 is 6.09 Å². The summed E-state index contributed by atoms with van der Waals surface area (Å²) in [5, 5.41) is 16.4. The van der Waals surface area contributed by atoms with Crippen LogP contribution >= 0.6 is 11.8 Å². The number of rotatable bonds is 13. The molecule has 2 amide bonds. The number of hydrogen-bond donors (Lipinski definition) is 3. The van der Waals surface area contributed by atoms with Gasteiger partial charge in [0.2, 0.25) is 5.91 Å². The smallest absolute Gasteiger partial charge is 0.410 e. The number of thioether (sulfide) groups is 1. The molecule has 0 aliphatic carbocycles. The normalized spacial score (nSPS) is 17.6. The number of likely N-dealkylation sites (tertiary alicyclic amines) is 1. The van der Waals surface area contributed by atoms with E-state index in [1.165, 1.54) is 16.7 Å². The van der Waals surface area contributed by atoms with E-state index in [4.69, 9.17) is 4.74 Å². The van der Waals surface area contributed by atoms with E-state index < -0.39 is 16.4 Å². The number of amides is 2. The van der Waals surface area contributed by atoms with Gasteiger partial charge < -0.3 is 25.4 Å².